The van der Waals surface area contributed by atoms with Crippen LogP contribution in [0.5, 0.6) is 0 Å². The molecule has 184 valence electrons. The number of nitrogens with one attached hydrogen (secondary N) is 2. The van der Waals surface area contributed by atoms with Gasteiger partial charge >= 0.3 is 6.03 Å². The molecule has 1 fully saturated rings. The second kappa shape index (κ2) is 13.0. The largest absolute Gasteiger partial charge is 0.379 e. The second-order valence-electron chi connectivity index (χ2n) is 8.08. The molecule has 1 unspecified atom stereocenters. The minimum Gasteiger partial charge on any atom is -0.379 e. The van der Waals surface area contributed by atoms with E-state index in [1.54, 1.807) is 17.0 Å². The first-order valence-corrected chi connectivity index (χ1v) is 11.6. The van der Waals surface area contributed by atoms with Crippen LogP contribution in [0.15, 0.2) is 48.5 Å². The Hall–Kier alpha value is -3.01. The number of ether oxygens (including phenoxy) is 2. The molecule has 2 aromatic carbocycles. The molecule has 1 aliphatic rings. The van der Waals surface area contributed by atoms with E-state index in [0.717, 1.165) is 5.56 Å². The first kappa shape index (κ1) is 25.6. The minimum absolute atomic E-state index is 0.175. The number of rotatable bonds is 10. The molecule has 0 aromatic heterocycles. The molecule has 2 N–H and O–H groups in total. The number of carbonyl (C=O) groups is 2. The van der Waals surface area contributed by atoms with Gasteiger partial charge in [-0.3, -0.25) is 9.69 Å². The van der Waals surface area contributed by atoms with Crippen LogP contribution in [-0.2, 0) is 20.9 Å². The van der Waals surface area contributed by atoms with Gasteiger partial charge in [0.05, 0.1) is 25.9 Å². The average molecular weight is 473 g/mol. The van der Waals surface area contributed by atoms with E-state index in [-0.39, 0.29) is 11.9 Å². The summed E-state index contributed by atoms with van der Waals surface area (Å²) in [5, 5.41) is 5.69. The van der Waals surface area contributed by atoms with Gasteiger partial charge in [0.1, 0.15) is 5.82 Å². The maximum Gasteiger partial charge on any atom is 0.321 e. The van der Waals surface area contributed by atoms with E-state index in [0.29, 0.717) is 64.0 Å². The number of amides is 3. The second-order valence-corrected chi connectivity index (χ2v) is 8.08. The fourth-order valence-corrected chi connectivity index (χ4v) is 3.68. The van der Waals surface area contributed by atoms with Gasteiger partial charge in [-0.15, -0.1) is 0 Å². The number of anilines is 2. The third-order valence-electron chi connectivity index (χ3n) is 5.64. The minimum atomic E-state index is -0.398. The normalized spacial score (nSPS) is 15.1. The predicted octanol–water partition coefficient (Wildman–Crippen LogP) is 3.56. The predicted molar refractivity (Wildman–Crippen MR) is 129 cm³/mol. The van der Waals surface area contributed by atoms with E-state index >= 15 is 0 Å². The molecule has 0 aliphatic carbocycles. The maximum absolute atomic E-state index is 13.4. The van der Waals surface area contributed by atoms with Crippen molar-refractivity contribution in [2.45, 2.75) is 26.5 Å². The molecule has 0 saturated carbocycles. The zero-order valence-corrected chi connectivity index (χ0v) is 19.8. The van der Waals surface area contributed by atoms with Crippen molar-refractivity contribution < 1.29 is 23.5 Å². The highest BCUT2D eigenvalue weighted by Crippen LogP contribution is 2.15. The Bertz CT molecular complexity index is 950. The molecule has 1 aliphatic heterocycles. The monoisotopic (exact) mass is 472 g/mol. The molecular formula is C25H33FN4O4. The molecule has 0 bridgehead atoms. The number of hydrogen-bond donors (Lipinski definition) is 2. The van der Waals surface area contributed by atoms with Gasteiger partial charge in [0.25, 0.3) is 0 Å². The standard InChI is InChI=1S/C25H33FN4O4/c1-3-33-14-15-34-18-20-6-4-8-22(16-20)28-25(32)30-12-10-29(11-13-30)19(2)24(31)27-23-9-5-7-21(26)17-23/h4-9,16-17,19H,3,10-15,18H2,1-2H3,(H,27,31)(H,28,32). The molecule has 8 nitrogen and oxygen atoms in total. The van der Waals surface area contributed by atoms with Gasteiger partial charge in [-0.1, -0.05) is 18.2 Å². The number of halogens is 1. The molecule has 1 heterocycles. The Morgan fingerprint density at radius 2 is 1.65 bits per heavy atom. The Labute approximate surface area is 200 Å². The maximum atomic E-state index is 13.4. The van der Waals surface area contributed by atoms with Crippen molar-refractivity contribution in [3.63, 3.8) is 0 Å². The summed E-state index contributed by atoms with van der Waals surface area (Å²) in [6.07, 6.45) is 0. The molecule has 2 aromatic rings. The fraction of sp³-hybridized carbons (Fsp3) is 0.440. The quantitative estimate of drug-likeness (QED) is 0.517. The summed E-state index contributed by atoms with van der Waals surface area (Å²) < 4.78 is 24.2. The smallest absolute Gasteiger partial charge is 0.321 e. The molecule has 34 heavy (non-hydrogen) atoms. The van der Waals surface area contributed by atoms with E-state index in [1.807, 2.05) is 43.0 Å². The molecule has 0 radical (unpaired) electrons. The molecule has 1 atom stereocenters. The van der Waals surface area contributed by atoms with Gasteiger partial charge in [0.2, 0.25) is 5.91 Å². The Kier molecular flexibility index (Phi) is 9.81. The number of benzene rings is 2. The topological polar surface area (TPSA) is 83.1 Å². The fourth-order valence-electron chi connectivity index (χ4n) is 3.68. The van der Waals surface area contributed by atoms with Crippen LogP contribution in [-0.4, -0.2) is 73.8 Å². The van der Waals surface area contributed by atoms with Gasteiger partial charge < -0.3 is 25.0 Å². The Morgan fingerprint density at radius 3 is 2.35 bits per heavy atom. The van der Waals surface area contributed by atoms with Crippen LogP contribution in [0.2, 0.25) is 0 Å². The van der Waals surface area contributed by atoms with Crippen LogP contribution in [0.4, 0.5) is 20.6 Å². The Balaban J connectivity index is 1.43. The number of nitrogens with zero attached hydrogens (tertiary/aromatic N) is 2. The van der Waals surface area contributed by atoms with Crippen molar-refractivity contribution in [1.82, 2.24) is 9.80 Å². The lowest BCUT2D eigenvalue weighted by atomic mass is 10.2. The van der Waals surface area contributed by atoms with Gasteiger partial charge in [0, 0.05) is 44.2 Å². The first-order chi connectivity index (χ1) is 16.5. The molecule has 3 amide bonds. The van der Waals surface area contributed by atoms with Crippen LogP contribution < -0.4 is 10.6 Å². The summed E-state index contributed by atoms with van der Waals surface area (Å²) in [4.78, 5) is 29.0. The lowest BCUT2D eigenvalue weighted by Gasteiger charge is -2.37. The third-order valence-corrected chi connectivity index (χ3v) is 5.64. The summed E-state index contributed by atoms with van der Waals surface area (Å²) >= 11 is 0. The van der Waals surface area contributed by atoms with Crippen LogP contribution >= 0.6 is 0 Å². The van der Waals surface area contributed by atoms with Crippen molar-refractivity contribution in [1.29, 1.82) is 0 Å². The van der Waals surface area contributed by atoms with Crippen LogP contribution in [0, 0.1) is 5.82 Å². The van der Waals surface area contributed by atoms with Gasteiger partial charge in [-0.2, -0.15) is 0 Å². The number of carbonyl (C=O) groups excluding carboxylic acids is 2. The van der Waals surface area contributed by atoms with Gasteiger partial charge in [0.15, 0.2) is 0 Å². The lowest BCUT2D eigenvalue weighted by Crippen LogP contribution is -2.54. The summed E-state index contributed by atoms with van der Waals surface area (Å²) in [7, 11) is 0. The molecule has 0 spiro atoms. The van der Waals surface area contributed by atoms with Crippen LogP contribution in [0.3, 0.4) is 0 Å². The number of hydrogen-bond acceptors (Lipinski definition) is 5. The van der Waals surface area contributed by atoms with E-state index < -0.39 is 11.9 Å². The van der Waals surface area contributed by atoms with Crippen molar-refractivity contribution >= 4 is 23.3 Å². The number of urea groups is 1. The highest BCUT2D eigenvalue weighted by molar-refractivity contribution is 5.94. The molecular weight excluding hydrogens is 439 g/mol. The summed E-state index contributed by atoms with van der Waals surface area (Å²) in [5.74, 6) is -0.603. The number of piperazine rings is 1. The van der Waals surface area contributed by atoms with Gasteiger partial charge in [-0.05, 0) is 49.7 Å². The zero-order chi connectivity index (χ0) is 24.3. The van der Waals surface area contributed by atoms with E-state index in [2.05, 4.69) is 10.6 Å². The third kappa shape index (κ3) is 7.79. The highest BCUT2D eigenvalue weighted by atomic mass is 19.1. The van der Waals surface area contributed by atoms with Crippen molar-refractivity contribution in [2.24, 2.45) is 0 Å². The summed E-state index contributed by atoms with van der Waals surface area (Å²) in [6.45, 7) is 8.10. The Morgan fingerprint density at radius 1 is 0.971 bits per heavy atom. The molecule has 1 saturated heterocycles. The van der Waals surface area contributed by atoms with Gasteiger partial charge in [-0.25, -0.2) is 9.18 Å². The highest BCUT2D eigenvalue weighted by Gasteiger charge is 2.27. The van der Waals surface area contributed by atoms with E-state index in [1.165, 1.54) is 12.1 Å². The summed E-state index contributed by atoms with van der Waals surface area (Å²) in [6, 6.07) is 12.8. The average Bonchev–Trinajstić information content (AvgIpc) is 2.84. The lowest BCUT2D eigenvalue weighted by molar-refractivity contribution is -0.121. The van der Waals surface area contributed by atoms with Crippen LogP contribution in [0.25, 0.3) is 0 Å². The van der Waals surface area contributed by atoms with E-state index in [9.17, 15) is 14.0 Å². The van der Waals surface area contributed by atoms with Crippen molar-refractivity contribution in [3.8, 4) is 0 Å². The van der Waals surface area contributed by atoms with Crippen molar-refractivity contribution in [3.05, 3.63) is 59.9 Å². The summed E-state index contributed by atoms with van der Waals surface area (Å²) in [5.41, 5.74) is 2.11. The SMILES string of the molecule is CCOCCOCc1cccc(NC(=O)N2CCN(C(C)C(=O)Nc3cccc(F)c3)CC2)c1. The zero-order valence-electron chi connectivity index (χ0n) is 19.8. The first-order valence-electron chi connectivity index (χ1n) is 11.6. The molecule has 9 heteroatoms. The van der Waals surface area contributed by atoms with Crippen molar-refractivity contribution in [2.75, 3.05) is 56.6 Å². The van der Waals surface area contributed by atoms with E-state index in [4.69, 9.17) is 9.47 Å². The van der Waals surface area contributed by atoms with Crippen LogP contribution in [0.1, 0.15) is 19.4 Å². The molecule has 3 rings (SSSR count).